The lowest BCUT2D eigenvalue weighted by atomic mass is 9.98. The Morgan fingerprint density at radius 1 is 0.781 bits per heavy atom. The molecule has 0 fully saturated rings. The molecule has 0 aliphatic carbocycles. The first-order chi connectivity index (χ1) is 15.7. The first kappa shape index (κ1) is 21.6. The number of allylic oxidation sites excluding steroid dienone is 2. The van der Waals surface area contributed by atoms with Crippen molar-refractivity contribution in [3.63, 3.8) is 0 Å². The summed E-state index contributed by atoms with van der Waals surface area (Å²) in [6.07, 6.45) is 7.34. The summed E-state index contributed by atoms with van der Waals surface area (Å²) in [6.45, 7) is 4.16. The minimum absolute atomic E-state index is 0.181. The molecular weight excluding hydrogens is 391 g/mol. The van der Waals surface area contributed by atoms with Crippen LogP contribution in [0, 0.1) is 17.7 Å². The highest BCUT2D eigenvalue weighted by atomic mass is 19.1. The van der Waals surface area contributed by atoms with Crippen LogP contribution >= 0.6 is 0 Å². The molecular formula is C31H27F. The van der Waals surface area contributed by atoms with Crippen LogP contribution in [0.15, 0.2) is 91.0 Å². The largest absolute Gasteiger partial charge is 0.206 e. The van der Waals surface area contributed by atoms with E-state index in [0.717, 1.165) is 41.3 Å². The fourth-order valence-electron chi connectivity index (χ4n) is 3.83. The van der Waals surface area contributed by atoms with Gasteiger partial charge in [0.15, 0.2) is 0 Å². The molecule has 0 bridgehead atoms. The zero-order valence-electron chi connectivity index (χ0n) is 18.7. The van der Waals surface area contributed by atoms with E-state index in [1.165, 1.54) is 11.1 Å². The number of halogens is 1. The SMILES string of the molecule is C/C=C/CCc1ccc(C#Cc2ccc3c(F)c(-c4ccc(CC)cc4)ccc3c2)cc1. The Bertz CT molecular complexity index is 1300. The third kappa shape index (κ3) is 4.98. The van der Waals surface area contributed by atoms with Crippen LogP contribution in [0.1, 0.15) is 42.5 Å². The van der Waals surface area contributed by atoms with Crippen LogP contribution in [0.3, 0.4) is 0 Å². The van der Waals surface area contributed by atoms with Gasteiger partial charge in [-0.15, -0.1) is 0 Å². The van der Waals surface area contributed by atoms with Gasteiger partial charge >= 0.3 is 0 Å². The molecule has 4 aromatic rings. The van der Waals surface area contributed by atoms with Crippen molar-refractivity contribution in [2.75, 3.05) is 0 Å². The second kappa shape index (κ2) is 10.1. The van der Waals surface area contributed by atoms with Gasteiger partial charge in [0.25, 0.3) is 0 Å². The topological polar surface area (TPSA) is 0 Å². The summed E-state index contributed by atoms with van der Waals surface area (Å²) in [4.78, 5) is 0. The summed E-state index contributed by atoms with van der Waals surface area (Å²) in [5.74, 6) is 6.26. The van der Waals surface area contributed by atoms with Crippen molar-refractivity contribution in [3.8, 4) is 23.0 Å². The van der Waals surface area contributed by atoms with Crippen LogP contribution in [-0.4, -0.2) is 0 Å². The highest BCUT2D eigenvalue weighted by Gasteiger charge is 2.09. The van der Waals surface area contributed by atoms with Gasteiger partial charge in [-0.1, -0.05) is 85.5 Å². The van der Waals surface area contributed by atoms with Crippen LogP contribution in [0.5, 0.6) is 0 Å². The van der Waals surface area contributed by atoms with E-state index in [1.54, 1.807) is 0 Å². The van der Waals surface area contributed by atoms with Gasteiger partial charge in [-0.3, -0.25) is 0 Å². The molecule has 0 nitrogen and oxygen atoms in total. The third-order valence-electron chi connectivity index (χ3n) is 5.77. The van der Waals surface area contributed by atoms with Crippen LogP contribution < -0.4 is 0 Å². The number of hydrogen-bond acceptors (Lipinski definition) is 0. The Kier molecular flexibility index (Phi) is 6.83. The molecule has 0 N–H and O–H groups in total. The average molecular weight is 419 g/mol. The fraction of sp³-hybridized carbons (Fsp3) is 0.161. The minimum Gasteiger partial charge on any atom is -0.206 e. The first-order valence-electron chi connectivity index (χ1n) is 11.2. The quantitative estimate of drug-likeness (QED) is 0.227. The van der Waals surface area contributed by atoms with Gasteiger partial charge in [-0.25, -0.2) is 4.39 Å². The predicted molar refractivity (Wildman–Crippen MR) is 134 cm³/mol. The first-order valence-corrected chi connectivity index (χ1v) is 11.2. The molecule has 0 saturated heterocycles. The van der Waals surface area contributed by atoms with Crippen LogP contribution in [0.4, 0.5) is 4.39 Å². The Labute approximate surface area is 190 Å². The molecule has 0 unspecified atom stereocenters. The van der Waals surface area contributed by atoms with Crippen molar-refractivity contribution >= 4 is 10.8 Å². The van der Waals surface area contributed by atoms with E-state index in [0.29, 0.717) is 10.9 Å². The smallest absolute Gasteiger partial charge is 0.138 e. The number of hydrogen-bond donors (Lipinski definition) is 0. The zero-order chi connectivity index (χ0) is 22.3. The van der Waals surface area contributed by atoms with Crippen LogP contribution in [-0.2, 0) is 12.8 Å². The lowest BCUT2D eigenvalue weighted by molar-refractivity contribution is 0.643. The molecule has 4 rings (SSSR count). The van der Waals surface area contributed by atoms with Gasteiger partial charge in [-0.2, -0.15) is 0 Å². The van der Waals surface area contributed by atoms with E-state index in [2.05, 4.69) is 67.3 Å². The van der Waals surface area contributed by atoms with Gasteiger partial charge in [-0.05, 0) is 72.5 Å². The molecule has 0 spiro atoms. The third-order valence-corrected chi connectivity index (χ3v) is 5.77. The van der Waals surface area contributed by atoms with Crippen molar-refractivity contribution in [3.05, 3.63) is 119 Å². The molecule has 1 heteroatoms. The number of aryl methyl sites for hydroxylation is 2. The predicted octanol–water partition coefficient (Wildman–Crippen LogP) is 8.12. The molecule has 0 saturated carbocycles. The standard InChI is InChI=1S/C31H27F/c1-3-5-6-7-24-8-10-25(11-9-24)12-13-26-16-20-30-28(22-26)19-21-29(31(30)32)27-17-14-23(4-2)15-18-27/h3,5,8-11,14-22H,4,6-7H2,1-2H3/b5-3+. The summed E-state index contributed by atoms with van der Waals surface area (Å²) in [5.41, 5.74) is 5.97. The van der Waals surface area contributed by atoms with Gasteiger partial charge < -0.3 is 0 Å². The van der Waals surface area contributed by atoms with E-state index >= 15 is 4.39 Å². The van der Waals surface area contributed by atoms with Crippen molar-refractivity contribution < 1.29 is 4.39 Å². The monoisotopic (exact) mass is 418 g/mol. The second-order valence-corrected chi connectivity index (χ2v) is 7.97. The molecule has 0 amide bonds. The Morgan fingerprint density at radius 2 is 1.47 bits per heavy atom. The van der Waals surface area contributed by atoms with E-state index in [-0.39, 0.29) is 5.82 Å². The molecule has 158 valence electrons. The Morgan fingerprint density at radius 3 is 2.19 bits per heavy atom. The highest BCUT2D eigenvalue weighted by Crippen LogP contribution is 2.29. The molecule has 0 radical (unpaired) electrons. The molecule has 32 heavy (non-hydrogen) atoms. The summed E-state index contributed by atoms with van der Waals surface area (Å²) in [7, 11) is 0. The number of rotatable bonds is 5. The van der Waals surface area contributed by atoms with Gasteiger partial charge in [0.1, 0.15) is 5.82 Å². The fourth-order valence-corrected chi connectivity index (χ4v) is 3.83. The van der Waals surface area contributed by atoms with Crippen molar-refractivity contribution in [2.24, 2.45) is 0 Å². The molecule has 0 atom stereocenters. The summed E-state index contributed by atoms with van der Waals surface area (Å²) in [5, 5.41) is 1.49. The lowest BCUT2D eigenvalue weighted by Gasteiger charge is -2.08. The van der Waals surface area contributed by atoms with Gasteiger partial charge in [0.05, 0.1) is 0 Å². The van der Waals surface area contributed by atoms with E-state index in [9.17, 15) is 0 Å². The van der Waals surface area contributed by atoms with Gasteiger partial charge in [0.2, 0.25) is 0 Å². The average Bonchev–Trinajstić information content (AvgIpc) is 2.84. The molecule has 0 aromatic heterocycles. The molecule has 4 aromatic carbocycles. The molecule has 0 aliphatic rings. The zero-order valence-corrected chi connectivity index (χ0v) is 18.7. The maximum Gasteiger partial charge on any atom is 0.138 e. The highest BCUT2D eigenvalue weighted by molar-refractivity contribution is 5.89. The van der Waals surface area contributed by atoms with E-state index in [1.807, 2.05) is 49.4 Å². The second-order valence-electron chi connectivity index (χ2n) is 7.97. The molecule has 0 heterocycles. The normalized spacial score (nSPS) is 11.0. The van der Waals surface area contributed by atoms with Crippen molar-refractivity contribution in [1.82, 2.24) is 0 Å². The maximum absolute atomic E-state index is 15.2. The summed E-state index contributed by atoms with van der Waals surface area (Å²) in [6, 6.07) is 26.0. The minimum atomic E-state index is -0.181. The van der Waals surface area contributed by atoms with Crippen molar-refractivity contribution in [2.45, 2.75) is 33.1 Å². The van der Waals surface area contributed by atoms with Crippen LogP contribution in [0.2, 0.25) is 0 Å². The number of benzene rings is 4. The molecule has 0 aliphatic heterocycles. The maximum atomic E-state index is 15.2. The lowest BCUT2D eigenvalue weighted by Crippen LogP contribution is -1.89. The summed E-state index contributed by atoms with van der Waals surface area (Å²) >= 11 is 0. The van der Waals surface area contributed by atoms with E-state index in [4.69, 9.17) is 0 Å². The van der Waals surface area contributed by atoms with Crippen LogP contribution in [0.25, 0.3) is 21.9 Å². The number of fused-ring (bicyclic) bond motifs is 1. The Balaban J connectivity index is 1.55. The van der Waals surface area contributed by atoms with Crippen molar-refractivity contribution in [1.29, 1.82) is 0 Å². The summed E-state index contributed by atoms with van der Waals surface area (Å²) < 4.78 is 15.2. The Hall–Kier alpha value is -3.63. The van der Waals surface area contributed by atoms with E-state index < -0.39 is 0 Å². The van der Waals surface area contributed by atoms with Gasteiger partial charge in [0, 0.05) is 22.1 Å².